The van der Waals surface area contributed by atoms with Crippen molar-refractivity contribution in [3.63, 3.8) is 0 Å². The van der Waals surface area contributed by atoms with Crippen molar-refractivity contribution in [2.45, 2.75) is 12.6 Å². The Bertz CT molecular complexity index is 191. The molecule has 0 radical (unpaired) electrons. The summed E-state index contributed by atoms with van der Waals surface area (Å²) in [4.78, 5) is 12.7. The molecule has 4 nitrogen and oxygen atoms in total. The Morgan fingerprint density at radius 2 is 2.33 bits per heavy atom. The highest BCUT2D eigenvalue weighted by Crippen LogP contribution is 2.11. The zero-order valence-corrected chi connectivity index (χ0v) is 7.32. The highest BCUT2D eigenvalue weighted by molar-refractivity contribution is 5.68. The Balaban J connectivity index is 2.62. The van der Waals surface area contributed by atoms with Gasteiger partial charge in [-0.3, -0.25) is 4.90 Å². The number of amides is 1. The summed E-state index contributed by atoms with van der Waals surface area (Å²) in [6, 6.07) is 0. The second-order valence-corrected chi connectivity index (χ2v) is 2.51. The second-order valence-electron chi connectivity index (χ2n) is 2.51. The predicted octanol–water partition coefficient (Wildman–Crippen LogP) is 0.987. The van der Waals surface area contributed by atoms with Gasteiger partial charge in [-0.1, -0.05) is 6.08 Å². The molecule has 68 valence electrons. The number of hydrogen-bond donors (Lipinski definition) is 0. The van der Waals surface area contributed by atoms with Crippen molar-refractivity contribution in [3.8, 4) is 0 Å². The molecule has 0 aromatic rings. The third-order valence-electron chi connectivity index (χ3n) is 1.80. The van der Waals surface area contributed by atoms with E-state index in [1.54, 1.807) is 12.0 Å². The summed E-state index contributed by atoms with van der Waals surface area (Å²) in [7, 11) is 2.93. The largest absolute Gasteiger partial charge is 0.453 e. The summed E-state index contributed by atoms with van der Waals surface area (Å²) in [5.41, 5.74) is 0. The molecule has 1 aliphatic heterocycles. The van der Waals surface area contributed by atoms with Gasteiger partial charge in [0, 0.05) is 13.7 Å². The fourth-order valence-corrected chi connectivity index (χ4v) is 1.18. The van der Waals surface area contributed by atoms with E-state index < -0.39 is 0 Å². The Labute approximate surface area is 71.7 Å². The molecule has 0 aliphatic carbocycles. The van der Waals surface area contributed by atoms with E-state index in [1.165, 1.54) is 7.11 Å². The third-order valence-corrected chi connectivity index (χ3v) is 1.80. The van der Waals surface area contributed by atoms with E-state index >= 15 is 0 Å². The number of methoxy groups -OCH3 is 2. The van der Waals surface area contributed by atoms with Gasteiger partial charge in [-0.2, -0.15) is 0 Å². The Hall–Kier alpha value is -1.03. The Kier molecular flexibility index (Phi) is 3.10. The lowest BCUT2D eigenvalue weighted by molar-refractivity contribution is 0.000937. The second kappa shape index (κ2) is 4.11. The van der Waals surface area contributed by atoms with Crippen LogP contribution in [0.4, 0.5) is 4.79 Å². The molecule has 0 spiro atoms. The molecule has 1 aliphatic rings. The monoisotopic (exact) mass is 171 g/mol. The maximum absolute atomic E-state index is 11.1. The van der Waals surface area contributed by atoms with Crippen LogP contribution in [0.15, 0.2) is 12.2 Å². The van der Waals surface area contributed by atoms with Crippen molar-refractivity contribution in [1.29, 1.82) is 0 Å². The van der Waals surface area contributed by atoms with E-state index in [2.05, 4.69) is 4.74 Å². The average molecular weight is 171 g/mol. The molecule has 0 fully saturated rings. The lowest BCUT2D eigenvalue weighted by atomic mass is 10.2. The summed E-state index contributed by atoms with van der Waals surface area (Å²) in [5.74, 6) is 0. The topological polar surface area (TPSA) is 38.8 Å². The van der Waals surface area contributed by atoms with Gasteiger partial charge in [0.05, 0.1) is 7.11 Å². The van der Waals surface area contributed by atoms with Gasteiger partial charge in [0.1, 0.15) is 0 Å². The van der Waals surface area contributed by atoms with Crippen LogP contribution in [-0.4, -0.2) is 38.0 Å². The van der Waals surface area contributed by atoms with Crippen molar-refractivity contribution < 1.29 is 14.3 Å². The number of ether oxygens (including phenoxy) is 2. The van der Waals surface area contributed by atoms with Gasteiger partial charge in [-0.25, -0.2) is 4.79 Å². The highest BCUT2D eigenvalue weighted by Gasteiger charge is 2.23. The first-order chi connectivity index (χ1) is 5.79. The molecule has 1 heterocycles. The van der Waals surface area contributed by atoms with Gasteiger partial charge in [0.2, 0.25) is 0 Å². The average Bonchev–Trinajstić information content (AvgIpc) is 2.16. The summed E-state index contributed by atoms with van der Waals surface area (Å²) in [6.45, 7) is 0.654. The molecular weight excluding hydrogens is 158 g/mol. The van der Waals surface area contributed by atoms with Crippen molar-refractivity contribution in [1.82, 2.24) is 4.90 Å². The van der Waals surface area contributed by atoms with Gasteiger partial charge in [0.15, 0.2) is 6.23 Å². The summed E-state index contributed by atoms with van der Waals surface area (Å²) >= 11 is 0. The smallest absolute Gasteiger partial charge is 0.411 e. The summed E-state index contributed by atoms with van der Waals surface area (Å²) in [6.07, 6.45) is 4.08. The molecule has 0 bridgehead atoms. The molecule has 0 N–H and O–H groups in total. The normalized spacial score (nSPS) is 22.5. The van der Waals surface area contributed by atoms with Crippen molar-refractivity contribution in [3.05, 3.63) is 12.2 Å². The molecule has 1 amide bonds. The van der Waals surface area contributed by atoms with Gasteiger partial charge >= 0.3 is 6.09 Å². The predicted molar refractivity (Wildman–Crippen MR) is 43.7 cm³/mol. The van der Waals surface area contributed by atoms with Gasteiger partial charge < -0.3 is 9.47 Å². The summed E-state index contributed by atoms with van der Waals surface area (Å²) < 4.78 is 9.66. The van der Waals surface area contributed by atoms with Crippen molar-refractivity contribution in [2.75, 3.05) is 20.8 Å². The number of carbonyl (C=O) groups excluding carboxylic acids is 1. The Morgan fingerprint density at radius 3 is 2.92 bits per heavy atom. The highest BCUT2D eigenvalue weighted by atomic mass is 16.6. The maximum Gasteiger partial charge on any atom is 0.411 e. The fraction of sp³-hybridized carbons (Fsp3) is 0.625. The quantitative estimate of drug-likeness (QED) is 0.552. The summed E-state index contributed by atoms with van der Waals surface area (Å²) in [5, 5.41) is 0. The number of nitrogens with zero attached hydrogens (tertiary/aromatic N) is 1. The molecule has 0 saturated heterocycles. The van der Waals surface area contributed by atoms with E-state index in [0.717, 1.165) is 6.42 Å². The van der Waals surface area contributed by atoms with E-state index in [9.17, 15) is 4.79 Å². The maximum atomic E-state index is 11.1. The first-order valence-corrected chi connectivity index (χ1v) is 3.83. The van der Waals surface area contributed by atoms with E-state index in [-0.39, 0.29) is 12.3 Å². The molecule has 1 atom stereocenters. The number of carbonyl (C=O) groups is 1. The van der Waals surface area contributed by atoms with Gasteiger partial charge in [-0.05, 0) is 12.5 Å². The SMILES string of the molecule is COC(=O)N1CCC=C[C@H]1OC. The zero-order chi connectivity index (χ0) is 8.97. The zero-order valence-electron chi connectivity index (χ0n) is 7.32. The van der Waals surface area contributed by atoms with Crippen LogP contribution in [0.2, 0.25) is 0 Å². The lowest BCUT2D eigenvalue weighted by Gasteiger charge is -2.29. The molecule has 12 heavy (non-hydrogen) atoms. The van der Waals surface area contributed by atoms with E-state index in [0.29, 0.717) is 6.54 Å². The van der Waals surface area contributed by atoms with Crippen LogP contribution < -0.4 is 0 Å². The fourth-order valence-electron chi connectivity index (χ4n) is 1.18. The Morgan fingerprint density at radius 1 is 1.58 bits per heavy atom. The van der Waals surface area contributed by atoms with Crippen LogP contribution >= 0.6 is 0 Å². The van der Waals surface area contributed by atoms with Crippen molar-refractivity contribution in [2.24, 2.45) is 0 Å². The molecule has 1 rings (SSSR count). The van der Waals surface area contributed by atoms with Crippen LogP contribution in [0, 0.1) is 0 Å². The number of rotatable bonds is 1. The van der Waals surface area contributed by atoms with Crippen LogP contribution in [-0.2, 0) is 9.47 Å². The molecule has 4 heteroatoms. The minimum Gasteiger partial charge on any atom is -0.453 e. The van der Waals surface area contributed by atoms with Crippen LogP contribution in [0.3, 0.4) is 0 Å². The number of hydrogen-bond acceptors (Lipinski definition) is 3. The van der Waals surface area contributed by atoms with E-state index in [4.69, 9.17) is 4.74 Å². The van der Waals surface area contributed by atoms with Crippen LogP contribution in [0.1, 0.15) is 6.42 Å². The van der Waals surface area contributed by atoms with Crippen LogP contribution in [0.5, 0.6) is 0 Å². The molecule has 0 unspecified atom stereocenters. The molecule has 0 saturated carbocycles. The lowest BCUT2D eigenvalue weighted by Crippen LogP contribution is -2.42. The van der Waals surface area contributed by atoms with Crippen molar-refractivity contribution >= 4 is 6.09 Å². The molecule has 0 aromatic heterocycles. The van der Waals surface area contributed by atoms with Gasteiger partial charge in [-0.15, -0.1) is 0 Å². The van der Waals surface area contributed by atoms with Gasteiger partial charge in [0.25, 0.3) is 0 Å². The first kappa shape index (κ1) is 9.06. The first-order valence-electron chi connectivity index (χ1n) is 3.83. The minimum absolute atomic E-state index is 0.272. The van der Waals surface area contributed by atoms with E-state index in [1.807, 2.05) is 12.2 Å². The minimum atomic E-state index is -0.341. The molecular formula is C8H13NO3. The third kappa shape index (κ3) is 1.76. The standard InChI is InChI=1S/C8H13NO3/c1-11-7-5-3-4-6-9(7)8(10)12-2/h3,5,7H,4,6H2,1-2H3/t7-/m1/s1. The molecule has 0 aromatic carbocycles. The van der Waals surface area contributed by atoms with Crippen LogP contribution in [0.25, 0.3) is 0 Å².